The van der Waals surface area contributed by atoms with Crippen molar-refractivity contribution in [3.8, 4) is 11.4 Å². The van der Waals surface area contributed by atoms with E-state index in [-0.39, 0.29) is 18.1 Å². The first kappa shape index (κ1) is 15.6. The van der Waals surface area contributed by atoms with Gasteiger partial charge in [0.25, 0.3) is 5.69 Å². The molecule has 0 aliphatic carbocycles. The quantitative estimate of drug-likeness (QED) is 0.344. The molecule has 2 aromatic carbocycles. The summed E-state index contributed by atoms with van der Waals surface area (Å²) in [4.78, 5) is 13.6. The van der Waals surface area contributed by atoms with Gasteiger partial charge in [0.2, 0.25) is 0 Å². The maximum Gasteiger partial charge on any atom is 0.306 e. The van der Waals surface area contributed by atoms with Crippen molar-refractivity contribution in [1.82, 2.24) is 15.0 Å². The average Bonchev–Trinajstić information content (AvgIpc) is 2.90. The zero-order valence-electron chi connectivity index (χ0n) is 11.6. The lowest BCUT2D eigenvalue weighted by atomic mass is 10.3. The van der Waals surface area contributed by atoms with Gasteiger partial charge in [0.05, 0.1) is 10.0 Å². The van der Waals surface area contributed by atoms with Crippen molar-refractivity contribution in [2.45, 2.75) is 6.92 Å². The maximum absolute atomic E-state index is 10.9. The van der Waals surface area contributed by atoms with Gasteiger partial charge in [-0.05, 0) is 28.1 Å². The van der Waals surface area contributed by atoms with Crippen LogP contribution in [0.5, 0.6) is 0 Å². The van der Waals surface area contributed by atoms with Gasteiger partial charge >= 0.3 is 5.82 Å². The number of hydrogen-bond donors (Lipinski definition) is 0. The van der Waals surface area contributed by atoms with Gasteiger partial charge in [0.1, 0.15) is 5.69 Å². The van der Waals surface area contributed by atoms with Crippen LogP contribution >= 0.6 is 0 Å². The van der Waals surface area contributed by atoms with E-state index in [4.69, 9.17) is 0 Å². The maximum atomic E-state index is 10.9. The average molecular weight is 318 g/mol. The Hall–Kier alpha value is -2.80. The van der Waals surface area contributed by atoms with Crippen LogP contribution in [0.1, 0.15) is 5.82 Å². The molecule has 0 radical (unpaired) electrons. The van der Waals surface area contributed by atoms with Gasteiger partial charge in [0, 0.05) is 23.9 Å². The molecule has 0 atom stereocenters. The molecule has 3 aromatic rings. The minimum absolute atomic E-state index is 0. The number of hydrogen-bond acceptors (Lipinski definition) is 4. The summed E-state index contributed by atoms with van der Waals surface area (Å²) in [7, 11) is 0. The number of aryl methyl sites for hydroxylation is 1. The fourth-order valence-electron chi connectivity index (χ4n) is 2.01. The zero-order chi connectivity index (χ0) is 14.8. The Morgan fingerprint density at radius 2 is 1.86 bits per heavy atom. The second kappa shape index (κ2) is 6.31. The molecule has 8 heteroatoms. The Balaban J connectivity index is 0.00000176. The van der Waals surface area contributed by atoms with E-state index in [1.165, 1.54) is 16.9 Å². The molecule has 112 valence electrons. The third-order valence-corrected chi connectivity index (χ3v) is 2.92. The summed E-state index contributed by atoms with van der Waals surface area (Å²) in [5.41, 5.74) is 1.42. The summed E-state index contributed by atoms with van der Waals surface area (Å²) in [6, 6.07) is 15.8. The lowest BCUT2D eigenvalue weighted by molar-refractivity contribution is -0.735. The Bertz CT molecular complexity index is 804. The number of rotatable bonds is 3. The predicted molar refractivity (Wildman–Crippen MR) is 74.3 cm³/mol. The number of aromatic nitrogens is 4. The Labute approximate surface area is 132 Å². The number of nitrogens with zero attached hydrogens (tertiary/aromatic N) is 5. The first-order valence-electron chi connectivity index (χ1n) is 6.32. The van der Waals surface area contributed by atoms with Gasteiger partial charge in [-0.25, -0.2) is 0 Å². The van der Waals surface area contributed by atoms with Crippen LogP contribution in [0.4, 0.5) is 5.69 Å². The number of nitro groups is 1. The summed E-state index contributed by atoms with van der Waals surface area (Å²) >= 11 is 0. The van der Waals surface area contributed by atoms with Crippen LogP contribution in [-0.2, 0) is 0 Å². The molecule has 0 aliphatic heterocycles. The molecule has 0 amide bonds. The normalized spacial score (nSPS) is 10.0. The topological polar surface area (TPSA) is 77.7 Å². The van der Waals surface area contributed by atoms with Crippen LogP contribution in [0.3, 0.4) is 0 Å². The van der Waals surface area contributed by atoms with Crippen molar-refractivity contribution in [2.75, 3.05) is 0 Å². The molecule has 0 N–H and O–H groups in total. The highest BCUT2D eigenvalue weighted by Gasteiger charge is 2.20. The van der Waals surface area contributed by atoms with E-state index in [9.17, 15) is 10.1 Å². The highest BCUT2D eigenvalue weighted by atomic mass is 35.5. The number of benzene rings is 2. The summed E-state index contributed by atoms with van der Waals surface area (Å²) in [6.45, 7) is 1.77. The fraction of sp³-hybridized carbons (Fsp3) is 0.0714. The van der Waals surface area contributed by atoms with Gasteiger partial charge in [-0.1, -0.05) is 24.3 Å². The second-order valence-electron chi connectivity index (χ2n) is 4.44. The first-order chi connectivity index (χ1) is 10.1. The molecule has 0 spiro atoms. The van der Waals surface area contributed by atoms with Crippen LogP contribution in [-0.4, -0.2) is 19.9 Å². The third-order valence-electron chi connectivity index (χ3n) is 2.92. The largest absolute Gasteiger partial charge is 1.00 e. The number of non-ortho nitro benzene ring substituents is 1. The van der Waals surface area contributed by atoms with Gasteiger partial charge in [0.15, 0.2) is 5.69 Å². The number of halogens is 1. The van der Waals surface area contributed by atoms with Crippen LogP contribution in [0.2, 0.25) is 0 Å². The van der Waals surface area contributed by atoms with Gasteiger partial charge in [-0.3, -0.25) is 10.1 Å². The Kier molecular flexibility index (Phi) is 4.47. The molecule has 0 saturated carbocycles. The Morgan fingerprint density at radius 3 is 2.55 bits per heavy atom. The molecule has 1 heterocycles. The standard InChI is InChI=1S/C14H12N5O2.ClH/c1-11-15-17(12-6-3-2-4-7-12)18(16-11)13-8-5-9-14(10-13)19(20)21;/h2-10H,1H3;1H/q+1;/p-1. The monoisotopic (exact) mass is 317 g/mol. The molecular weight excluding hydrogens is 306 g/mol. The summed E-state index contributed by atoms with van der Waals surface area (Å²) in [6.07, 6.45) is 0. The third kappa shape index (κ3) is 2.94. The van der Waals surface area contributed by atoms with E-state index in [0.29, 0.717) is 11.5 Å². The van der Waals surface area contributed by atoms with Crippen molar-refractivity contribution in [3.05, 3.63) is 70.5 Å². The van der Waals surface area contributed by atoms with Crippen molar-refractivity contribution < 1.29 is 22.1 Å². The Morgan fingerprint density at radius 1 is 1.14 bits per heavy atom. The summed E-state index contributed by atoms with van der Waals surface area (Å²) in [5.74, 6) is 0.574. The molecule has 0 fully saturated rings. The van der Waals surface area contributed by atoms with Crippen molar-refractivity contribution >= 4 is 5.69 Å². The highest BCUT2D eigenvalue weighted by molar-refractivity contribution is 5.41. The molecule has 22 heavy (non-hydrogen) atoms. The molecule has 0 saturated heterocycles. The SMILES string of the molecule is Cc1nn(-c2cccc([N+](=O)[O-])c2)[n+](-c2ccccc2)n1.[Cl-]. The van der Waals surface area contributed by atoms with E-state index < -0.39 is 4.92 Å². The number of nitro benzene ring substituents is 1. The number of para-hydroxylation sites is 1. The van der Waals surface area contributed by atoms with Crippen molar-refractivity contribution in [1.29, 1.82) is 0 Å². The lowest BCUT2D eigenvalue weighted by Gasteiger charge is -1.99. The molecule has 7 nitrogen and oxygen atoms in total. The van der Waals surface area contributed by atoms with E-state index in [1.54, 1.807) is 23.9 Å². The fourth-order valence-corrected chi connectivity index (χ4v) is 2.01. The van der Waals surface area contributed by atoms with Crippen molar-refractivity contribution in [3.63, 3.8) is 0 Å². The van der Waals surface area contributed by atoms with E-state index in [0.717, 1.165) is 5.69 Å². The minimum Gasteiger partial charge on any atom is -1.00 e. The number of tetrazole rings is 1. The molecule has 0 aliphatic rings. The molecule has 3 rings (SSSR count). The predicted octanol–water partition coefficient (Wildman–Crippen LogP) is -1.24. The van der Waals surface area contributed by atoms with Crippen molar-refractivity contribution in [2.24, 2.45) is 0 Å². The van der Waals surface area contributed by atoms with Crippen LogP contribution < -0.4 is 17.2 Å². The van der Waals surface area contributed by atoms with Gasteiger partial charge in [-0.2, -0.15) is 0 Å². The van der Waals surface area contributed by atoms with Gasteiger partial charge in [-0.15, -0.1) is 0 Å². The second-order valence-corrected chi connectivity index (χ2v) is 4.44. The molecule has 1 aromatic heterocycles. The smallest absolute Gasteiger partial charge is 0.306 e. The lowest BCUT2D eigenvalue weighted by Crippen LogP contribution is -3.00. The van der Waals surface area contributed by atoms with Crippen LogP contribution in [0.15, 0.2) is 54.6 Å². The van der Waals surface area contributed by atoms with Gasteiger partial charge < -0.3 is 12.4 Å². The molecular formula is C14H12ClN5O2. The summed E-state index contributed by atoms with van der Waals surface area (Å²) in [5, 5.41) is 19.5. The first-order valence-corrected chi connectivity index (χ1v) is 6.32. The van der Waals surface area contributed by atoms with Crippen LogP contribution in [0, 0.1) is 17.0 Å². The van der Waals surface area contributed by atoms with E-state index in [1.807, 2.05) is 30.3 Å². The highest BCUT2D eigenvalue weighted by Crippen LogP contribution is 2.15. The molecule has 0 unspecified atom stereocenters. The summed E-state index contributed by atoms with van der Waals surface area (Å²) < 4.78 is 0. The van der Waals surface area contributed by atoms with E-state index >= 15 is 0 Å². The molecule has 0 bridgehead atoms. The van der Waals surface area contributed by atoms with Crippen LogP contribution in [0.25, 0.3) is 11.4 Å². The minimum atomic E-state index is -0.430. The zero-order valence-corrected chi connectivity index (χ0v) is 12.4. The van der Waals surface area contributed by atoms with E-state index in [2.05, 4.69) is 10.2 Å².